The molecule has 0 atom stereocenters. The zero-order valence-corrected chi connectivity index (χ0v) is 14.3. The molecule has 0 fully saturated rings. The minimum absolute atomic E-state index is 0.201. The van der Waals surface area contributed by atoms with E-state index in [0.717, 1.165) is 21.9 Å². The summed E-state index contributed by atoms with van der Waals surface area (Å²) >= 11 is 1.60. The number of anilines is 1. The van der Waals surface area contributed by atoms with Crippen LogP contribution in [0.1, 0.15) is 10.4 Å². The van der Waals surface area contributed by atoms with Gasteiger partial charge in [0.05, 0.1) is 18.4 Å². The molecule has 2 aromatic heterocycles. The van der Waals surface area contributed by atoms with E-state index in [0.29, 0.717) is 11.3 Å². The molecule has 0 aliphatic carbocycles. The maximum absolute atomic E-state index is 12.4. The normalized spacial score (nSPS) is 10.8. The molecule has 0 saturated heterocycles. The maximum Gasteiger partial charge on any atom is 0.259 e. The molecule has 25 heavy (non-hydrogen) atoms. The third-order valence-electron chi connectivity index (χ3n) is 3.88. The highest BCUT2D eigenvalue weighted by molar-refractivity contribution is 7.15. The molecule has 1 N–H and O–H groups in total. The number of methoxy groups -OCH3 is 1. The Morgan fingerprint density at radius 1 is 1.16 bits per heavy atom. The van der Waals surface area contributed by atoms with E-state index in [-0.39, 0.29) is 5.91 Å². The van der Waals surface area contributed by atoms with Crippen molar-refractivity contribution in [3.63, 3.8) is 0 Å². The smallest absolute Gasteiger partial charge is 0.259 e. The first-order valence-corrected chi connectivity index (χ1v) is 8.59. The highest BCUT2D eigenvalue weighted by Gasteiger charge is 2.12. The zero-order valence-electron chi connectivity index (χ0n) is 13.5. The first-order valence-electron chi connectivity index (χ1n) is 7.71. The Morgan fingerprint density at radius 2 is 1.96 bits per heavy atom. The number of para-hydroxylation sites is 1. The van der Waals surface area contributed by atoms with Crippen LogP contribution in [0.25, 0.3) is 16.2 Å². The predicted molar refractivity (Wildman–Crippen MR) is 99.5 cm³/mol. The summed E-state index contributed by atoms with van der Waals surface area (Å²) in [6, 6.07) is 14.8. The van der Waals surface area contributed by atoms with Crippen molar-refractivity contribution in [3.8, 4) is 17.0 Å². The molecule has 0 bridgehead atoms. The molecule has 0 aliphatic heterocycles. The van der Waals surface area contributed by atoms with Crippen LogP contribution in [0.15, 0.2) is 66.3 Å². The molecule has 2 heterocycles. The molecule has 5 nitrogen and oxygen atoms in total. The van der Waals surface area contributed by atoms with E-state index < -0.39 is 0 Å². The van der Waals surface area contributed by atoms with Gasteiger partial charge < -0.3 is 10.1 Å². The van der Waals surface area contributed by atoms with Crippen LogP contribution >= 0.6 is 11.3 Å². The summed E-state index contributed by atoms with van der Waals surface area (Å²) in [7, 11) is 1.55. The van der Waals surface area contributed by atoms with Gasteiger partial charge in [0.2, 0.25) is 0 Å². The minimum atomic E-state index is -0.201. The second-order valence-electron chi connectivity index (χ2n) is 5.45. The van der Waals surface area contributed by atoms with Gasteiger partial charge in [-0.05, 0) is 24.3 Å². The van der Waals surface area contributed by atoms with Crippen molar-refractivity contribution in [1.82, 2.24) is 9.38 Å². The van der Waals surface area contributed by atoms with Gasteiger partial charge in [0.1, 0.15) is 5.75 Å². The summed E-state index contributed by atoms with van der Waals surface area (Å²) in [5.41, 5.74) is 3.14. The number of rotatable bonds is 4. The lowest BCUT2D eigenvalue weighted by molar-refractivity contribution is 0.102. The number of fused-ring (bicyclic) bond motifs is 1. The maximum atomic E-state index is 12.4. The second kappa shape index (κ2) is 6.41. The Kier molecular flexibility index (Phi) is 3.95. The molecule has 4 rings (SSSR count). The van der Waals surface area contributed by atoms with Crippen molar-refractivity contribution in [2.24, 2.45) is 0 Å². The zero-order chi connectivity index (χ0) is 17.2. The standard InChI is InChI=1S/C19H15N3O2S/c1-24-17-5-3-2-4-15(17)18(23)20-14-8-6-13(7-9-14)16-12-22-10-11-25-19(22)21-16/h2-12H,1H3,(H,20,23). The van der Waals surface area contributed by atoms with Crippen molar-refractivity contribution < 1.29 is 9.53 Å². The number of hydrogen-bond acceptors (Lipinski definition) is 4. The van der Waals surface area contributed by atoms with Crippen LogP contribution in [0, 0.1) is 0 Å². The van der Waals surface area contributed by atoms with Crippen LogP contribution in [-0.2, 0) is 0 Å². The molecule has 6 heteroatoms. The Bertz CT molecular complexity index is 1010. The molecule has 124 valence electrons. The van der Waals surface area contributed by atoms with E-state index in [1.165, 1.54) is 0 Å². The number of nitrogens with zero attached hydrogens (tertiary/aromatic N) is 2. The lowest BCUT2D eigenvalue weighted by atomic mass is 10.1. The average molecular weight is 349 g/mol. The van der Waals surface area contributed by atoms with Gasteiger partial charge in [0.25, 0.3) is 5.91 Å². The van der Waals surface area contributed by atoms with Crippen LogP contribution in [0.4, 0.5) is 5.69 Å². The summed E-state index contributed by atoms with van der Waals surface area (Å²) in [5, 5.41) is 4.89. The Morgan fingerprint density at radius 3 is 2.72 bits per heavy atom. The summed E-state index contributed by atoms with van der Waals surface area (Å²) in [5.74, 6) is 0.349. The first kappa shape index (κ1) is 15.4. The Hall–Kier alpha value is -3.12. The quantitative estimate of drug-likeness (QED) is 0.597. The van der Waals surface area contributed by atoms with Gasteiger partial charge >= 0.3 is 0 Å². The summed E-state index contributed by atoms with van der Waals surface area (Å²) in [6.07, 6.45) is 3.98. The van der Waals surface area contributed by atoms with Gasteiger partial charge in [-0.3, -0.25) is 9.20 Å². The third kappa shape index (κ3) is 2.99. The molecule has 0 aliphatic rings. The number of hydrogen-bond donors (Lipinski definition) is 1. The molecule has 0 unspecified atom stereocenters. The van der Waals surface area contributed by atoms with Gasteiger partial charge in [0.15, 0.2) is 4.96 Å². The molecular formula is C19H15N3O2S. The van der Waals surface area contributed by atoms with Crippen LogP contribution < -0.4 is 10.1 Å². The first-order chi connectivity index (χ1) is 12.2. The highest BCUT2D eigenvalue weighted by Crippen LogP contribution is 2.24. The van der Waals surface area contributed by atoms with Crippen molar-refractivity contribution in [3.05, 3.63) is 71.9 Å². The van der Waals surface area contributed by atoms with Crippen molar-refractivity contribution in [1.29, 1.82) is 0 Å². The number of benzene rings is 2. The van der Waals surface area contributed by atoms with Crippen LogP contribution in [0.3, 0.4) is 0 Å². The van der Waals surface area contributed by atoms with Gasteiger partial charge in [-0.1, -0.05) is 24.3 Å². The predicted octanol–water partition coefficient (Wildman–Crippen LogP) is 4.32. The Balaban J connectivity index is 1.54. The lowest BCUT2D eigenvalue weighted by Gasteiger charge is -2.09. The topological polar surface area (TPSA) is 55.6 Å². The van der Waals surface area contributed by atoms with E-state index in [2.05, 4.69) is 10.3 Å². The van der Waals surface area contributed by atoms with E-state index in [1.807, 2.05) is 58.6 Å². The number of aromatic nitrogens is 2. The molecular weight excluding hydrogens is 334 g/mol. The molecule has 0 spiro atoms. The number of carbonyl (C=O) groups excluding carboxylic acids is 1. The van der Waals surface area contributed by atoms with Crippen LogP contribution in [0.2, 0.25) is 0 Å². The van der Waals surface area contributed by atoms with E-state index in [1.54, 1.807) is 30.6 Å². The number of imidazole rings is 1. The Labute approximate surface area is 148 Å². The van der Waals surface area contributed by atoms with E-state index in [4.69, 9.17) is 4.74 Å². The molecule has 1 amide bonds. The van der Waals surface area contributed by atoms with E-state index >= 15 is 0 Å². The SMILES string of the molecule is COc1ccccc1C(=O)Nc1ccc(-c2cn3ccsc3n2)cc1. The monoisotopic (exact) mass is 349 g/mol. The van der Waals surface area contributed by atoms with Crippen molar-refractivity contribution in [2.75, 3.05) is 12.4 Å². The summed E-state index contributed by atoms with van der Waals surface area (Å²) in [6.45, 7) is 0. The second-order valence-corrected chi connectivity index (χ2v) is 6.32. The fraction of sp³-hybridized carbons (Fsp3) is 0.0526. The lowest BCUT2D eigenvalue weighted by Crippen LogP contribution is -2.12. The average Bonchev–Trinajstić information content (AvgIpc) is 3.24. The number of nitrogens with one attached hydrogen (secondary N) is 1. The number of thiazole rings is 1. The largest absolute Gasteiger partial charge is 0.496 e. The van der Waals surface area contributed by atoms with Crippen molar-refractivity contribution in [2.45, 2.75) is 0 Å². The molecule has 4 aromatic rings. The number of carbonyl (C=O) groups is 1. The summed E-state index contributed by atoms with van der Waals surface area (Å²) < 4.78 is 7.23. The highest BCUT2D eigenvalue weighted by atomic mass is 32.1. The van der Waals surface area contributed by atoms with Gasteiger partial charge in [0, 0.05) is 29.0 Å². The third-order valence-corrected chi connectivity index (χ3v) is 4.65. The number of amides is 1. The fourth-order valence-corrected chi connectivity index (χ4v) is 3.32. The molecule has 2 aromatic carbocycles. The van der Waals surface area contributed by atoms with Gasteiger partial charge in [-0.2, -0.15) is 0 Å². The molecule has 0 radical (unpaired) electrons. The minimum Gasteiger partial charge on any atom is -0.496 e. The summed E-state index contributed by atoms with van der Waals surface area (Å²) in [4.78, 5) is 18.0. The van der Waals surface area contributed by atoms with Gasteiger partial charge in [-0.25, -0.2) is 4.98 Å². The fourth-order valence-electron chi connectivity index (χ4n) is 2.62. The van der Waals surface area contributed by atoms with Crippen LogP contribution in [0.5, 0.6) is 5.75 Å². The van der Waals surface area contributed by atoms with Crippen molar-refractivity contribution >= 4 is 27.9 Å². The van der Waals surface area contributed by atoms with Gasteiger partial charge in [-0.15, -0.1) is 11.3 Å². The number of ether oxygens (including phenoxy) is 1. The van der Waals surface area contributed by atoms with E-state index in [9.17, 15) is 4.79 Å². The molecule has 0 saturated carbocycles. The van der Waals surface area contributed by atoms with Crippen LogP contribution in [-0.4, -0.2) is 22.4 Å².